The second-order valence-electron chi connectivity index (χ2n) is 10.6. The summed E-state index contributed by atoms with van der Waals surface area (Å²) in [5.74, 6) is 0. The van der Waals surface area contributed by atoms with E-state index in [1.54, 1.807) is 0 Å². The molecular weight excluding hydrogens is 472 g/mol. The number of benzene rings is 6. The Bertz CT molecular complexity index is 2200. The van der Waals surface area contributed by atoms with Gasteiger partial charge in [-0.15, -0.1) is 0 Å². The molecule has 8 rings (SSSR count). The average Bonchev–Trinajstić information content (AvgIpc) is 3.31. The lowest BCUT2D eigenvalue weighted by molar-refractivity contribution is 1.18. The van der Waals surface area contributed by atoms with E-state index < -0.39 is 0 Å². The second-order valence-corrected chi connectivity index (χ2v) is 10.6. The first-order chi connectivity index (χ1) is 19.2. The van der Waals surface area contributed by atoms with E-state index in [-0.39, 0.29) is 0 Å². The number of aromatic nitrogens is 2. The van der Waals surface area contributed by atoms with Gasteiger partial charge >= 0.3 is 0 Å². The fraction of sp³-hybridized carbons (Fsp3) is 0.0541. The monoisotopic (exact) mass is 498 g/mol. The van der Waals surface area contributed by atoms with E-state index in [0.717, 1.165) is 22.5 Å². The Hall–Kier alpha value is -4.95. The Morgan fingerprint density at radius 2 is 1.08 bits per heavy atom. The van der Waals surface area contributed by atoms with Gasteiger partial charge in [-0.25, -0.2) is 4.98 Å². The highest BCUT2D eigenvalue weighted by molar-refractivity contribution is 6.24. The predicted molar refractivity (Wildman–Crippen MR) is 166 cm³/mol. The molecule has 0 saturated carbocycles. The van der Waals surface area contributed by atoms with Crippen molar-refractivity contribution >= 4 is 54.3 Å². The summed E-state index contributed by atoms with van der Waals surface area (Å²) in [6, 6.07) is 44.0. The SMILES string of the molecule is Cc1ccc2c(c1)c1ccc(-c3cccc(-n4c5ccccc5c5ccccc54)c3)nc1c1cc(C)ccc21. The maximum atomic E-state index is 5.33. The number of rotatable bonds is 2. The molecule has 2 nitrogen and oxygen atoms in total. The van der Waals surface area contributed by atoms with Gasteiger partial charge in [0.15, 0.2) is 0 Å². The minimum atomic E-state index is 0.986. The van der Waals surface area contributed by atoms with E-state index in [2.05, 4.69) is 140 Å². The molecule has 0 saturated heterocycles. The molecule has 2 aromatic heterocycles. The standard InChI is InChI=1S/C37H26N2/c1-23-14-16-27-28-17-15-24(2)21-33(28)37-31(32(27)20-23)18-19-34(38-37)25-8-7-9-26(22-25)39-35-12-5-3-10-29(35)30-11-4-6-13-36(30)39/h3-22H,1-2H3. The lowest BCUT2D eigenvalue weighted by Crippen LogP contribution is -1.95. The number of pyridine rings is 1. The summed E-state index contributed by atoms with van der Waals surface area (Å²) in [5, 5.41) is 8.76. The molecule has 0 amide bonds. The van der Waals surface area contributed by atoms with E-state index in [1.165, 1.54) is 59.9 Å². The molecule has 0 spiro atoms. The van der Waals surface area contributed by atoms with Crippen molar-refractivity contribution in [1.82, 2.24) is 9.55 Å². The van der Waals surface area contributed by atoms with Crippen molar-refractivity contribution in [3.8, 4) is 16.9 Å². The van der Waals surface area contributed by atoms with Crippen molar-refractivity contribution in [2.24, 2.45) is 0 Å². The van der Waals surface area contributed by atoms with Gasteiger partial charge in [0, 0.05) is 32.8 Å². The van der Waals surface area contributed by atoms with Crippen molar-refractivity contribution < 1.29 is 0 Å². The Kier molecular flexibility index (Phi) is 4.68. The molecule has 0 atom stereocenters. The summed E-state index contributed by atoms with van der Waals surface area (Å²) in [7, 11) is 0. The summed E-state index contributed by atoms with van der Waals surface area (Å²) < 4.78 is 2.37. The average molecular weight is 499 g/mol. The number of hydrogen-bond donors (Lipinski definition) is 0. The van der Waals surface area contributed by atoms with Crippen LogP contribution in [0.25, 0.3) is 71.2 Å². The molecule has 0 N–H and O–H groups in total. The molecule has 0 radical (unpaired) electrons. The molecule has 184 valence electrons. The highest BCUT2D eigenvalue weighted by Crippen LogP contribution is 2.37. The number of aryl methyl sites for hydroxylation is 2. The third-order valence-electron chi connectivity index (χ3n) is 8.06. The van der Waals surface area contributed by atoms with Crippen LogP contribution in [0, 0.1) is 13.8 Å². The van der Waals surface area contributed by atoms with Gasteiger partial charge in [0.1, 0.15) is 0 Å². The van der Waals surface area contributed by atoms with Gasteiger partial charge in [-0.3, -0.25) is 0 Å². The van der Waals surface area contributed by atoms with Crippen molar-refractivity contribution in [2.45, 2.75) is 13.8 Å². The van der Waals surface area contributed by atoms with Crippen LogP contribution in [-0.2, 0) is 0 Å². The second kappa shape index (κ2) is 8.28. The maximum Gasteiger partial charge on any atom is 0.0794 e. The van der Waals surface area contributed by atoms with E-state index in [1.807, 2.05) is 0 Å². The maximum absolute atomic E-state index is 5.33. The Morgan fingerprint density at radius 3 is 1.79 bits per heavy atom. The number of fused-ring (bicyclic) bond motifs is 9. The first-order valence-electron chi connectivity index (χ1n) is 13.5. The van der Waals surface area contributed by atoms with Crippen LogP contribution < -0.4 is 0 Å². The molecule has 2 heteroatoms. The lowest BCUT2D eigenvalue weighted by atomic mass is 9.94. The van der Waals surface area contributed by atoms with E-state index in [4.69, 9.17) is 4.98 Å². The van der Waals surface area contributed by atoms with Crippen LogP contribution in [0.1, 0.15) is 11.1 Å². The third kappa shape index (κ3) is 3.31. The molecule has 39 heavy (non-hydrogen) atoms. The first kappa shape index (κ1) is 22.1. The van der Waals surface area contributed by atoms with E-state index in [9.17, 15) is 0 Å². The first-order valence-corrected chi connectivity index (χ1v) is 13.5. The van der Waals surface area contributed by atoms with Crippen molar-refractivity contribution in [2.75, 3.05) is 0 Å². The Morgan fingerprint density at radius 1 is 0.462 bits per heavy atom. The summed E-state index contributed by atoms with van der Waals surface area (Å²) in [4.78, 5) is 5.33. The van der Waals surface area contributed by atoms with Gasteiger partial charge in [0.2, 0.25) is 0 Å². The van der Waals surface area contributed by atoms with Crippen LogP contribution in [0.15, 0.2) is 121 Å². The van der Waals surface area contributed by atoms with Crippen LogP contribution >= 0.6 is 0 Å². The van der Waals surface area contributed by atoms with Crippen LogP contribution in [0.3, 0.4) is 0 Å². The largest absolute Gasteiger partial charge is 0.309 e. The van der Waals surface area contributed by atoms with Crippen LogP contribution in [0.2, 0.25) is 0 Å². The van der Waals surface area contributed by atoms with Crippen LogP contribution in [-0.4, -0.2) is 9.55 Å². The zero-order valence-corrected chi connectivity index (χ0v) is 21.9. The van der Waals surface area contributed by atoms with Gasteiger partial charge in [-0.1, -0.05) is 90.0 Å². The fourth-order valence-electron chi connectivity index (χ4n) is 6.25. The number of hydrogen-bond acceptors (Lipinski definition) is 1. The summed E-state index contributed by atoms with van der Waals surface area (Å²) >= 11 is 0. The normalized spacial score (nSPS) is 11.8. The van der Waals surface area contributed by atoms with Gasteiger partial charge < -0.3 is 4.57 Å². The molecule has 6 aromatic carbocycles. The number of para-hydroxylation sites is 2. The van der Waals surface area contributed by atoms with E-state index in [0.29, 0.717) is 0 Å². The smallest absolute Gasteiger partial charge is 0.0794 e. The molecule has 0 bridgehead atoms. The zero-order chi connectivity index (χ0) is 26.1. The quantitative estimate of drug-likeness (QED) is 0.217. The highest BCUT2D eigenvalue weighted by atomic mass is 15.0. The summed E-state index contributed by atoms with van der Waals surface area (Å²) in [5.41, 5.74) is 9.24. The molecule has 0 unspecified atom stereocenters. The Balaban J connectivity index is 1.39. The van der Waals surface area contributed by atoms with Crippen molar-refractivity contribution in [1.29, 1.82) is 0 Å². The van der Waals surface area contributed by atoms with Gasteiger partial charge in [0.05, 0.1) is 22.2 Å². The van der Waals surface area contributed by atoms with Crippen LogP contribution in [0.5, 0.6) is 0 Å². The van der Waals surface area contributed by atoms with Gasteiger partial charge in [-0.05, 0) is 72.5 Å². The minimum Gasteiger partial charge on any atom is -0.309 e. The topological polar surface area (TPSA) is 17.8 Å². The Labute approximate surface area is 226 Å². The molecule has 0 aliphatic carbocycles. The van der Waals surface area contributed by atoms with E-state index >= 15 is 0 Å². The fourth-order valence-corrected chi connectivity index (χ4v) is 6.25. The summed E-state index contributed by atoms with van der Waals surface area (Å²) in [6.07, 6.45) is 0. The molecular formula is C37H26N2. The van der Waals surface area contributed by atoms with Crippen molar-refractivity contribution in [3.63, 3.8) is 0 Å². The lowest BCUT2D eigenvalue weighted by Gasteiger charge is -2.13. The molecule has 2 heterocycles. The molecule has 8 aromatic rings. The molecule has 0 aliphatic heterocycles. The number of nitrogens with zero attached hydrogens (tertiary/aromatic N) is 2. The highest BCUT2D eigenvalue weighted by Gasteiger charge is 2.14. The van der Waals surface area contributed by atoms with Crippen LogP contribution in [0.4, 0.5) is 0 Å². The van der Waals surface area contributed by atoms with Crippen molar-refractivity contribution in [3.05, 3.63) is 132 Å². The zero-order valence-electron chi connectivity index (χ0n) is 21.9. The van der Waals surface area contributed by atoms with Gasteiger partial charge in [-0.2, -0.15) is 0 Å². The van der Waals surface area contributed by atoms with Gasteiger partial charge in [0.25, 0.3) is 0 Å². The molecule has 0 aliphatic rings. The predicted octanol–water partition coefficient (Wildman–Crippen LogP) is 9.92. The molecule has 0 fully saturated rings. The third-order valence-corrected chi connectivity index (χ3v) is 8.06. The summed E-state index contributed by atoms with van der Waals surface area (Å²) in [6.45, 7) is 4.32. The minimum absolute atomic E-state index is 0.986.